The van der Waals surface area contributed by atoms with Gasteiger partial charge in [-0.1, -0.05) is 92.9 Å². The van der Waals surface area contributed by atoms with Gasteiger partial charge >= 0.3 is 0 Å². The third-order valence-electron chi connectivity index (χ3n) is 7.28. The van der Waals surface area contributed by atoms with Crippen LogP contribution in [-0.4, -0.2) is 51.9 Å². The van der Waals surface area contributed by atoms with Gasteiger partial charge in [0.25, 0.3) is 0 Å². The largest absolute Gasteiger partial charge is 0.340 e. The molecule has 2 heterocycles. The molecule has 3 aromatic carbocycles. The molecule has 0 radical (unpaired) electrons. The number of fused-ring (bicyclic) bond motifs is 1. The minimum absolute atomic E-state index is 0.0738. The number of aromatic amines is 1. The Labute approximate surface area is 214 Å². The van der Waals surface area contributed by atoms with Crippen LogP contribution in [0.5, 0.6) is 0 Å². The number of hydrogen-bond donors (Lipinski definition) is 1. The molecule has 5 heteroatoms. The minimum Gasteiger partial charge on any atom is -0.340 e. The van der Waals surface area contributed by atoms with Gasteiger partial charge < -0.3 is 9.88 Å². The summed E-state index contributed by atoms with van der Waals surface area (Å²) in [7, 11) is 0. The number of rotatable bonds is 9. The molecule has 186 valence electrons. The predicted molar refractivity (Wildman–Crippen MR) is 147 cm³/mol. The van der Waals surface area contributed by atoms with Crippen LogP contribution in [0.1, 0.15) is 50.0 Å². The average Bonchev–Trinajstić information content (AvgIpc) is 3.42. The summed E-state index contributed by atoms with van der Waals surface area (Å²) < 4.78 is 0. The van der Waals surface area contributed by atoms with E-state index < -0.39 is 0 Å². The highest BCUT2D eigenvalue weighted by Gasteiger charge is 2.33. The van der Waals surface area contributed by atoms with Crippen molar-refractivity contribution in [3.8, 4) is 11.3 Å². The molecule has 0 spiro atoms. The number of aromatic nitrogens is 2. The number of unbranched alkanes of at least 4 members (excludes halogenated alkanes) is 3. The summed E-state index contributed by atoms with van der Waals surface area (Å²) in [6, 6.07) is 24.9. The lowest BCUT2D eigenvalue weighted by atomic mass is 10.1. The van der Waals surface area contributed by atoms with Crippen LogP contribution in [0.2, 0.25) is 0 Å². The van der Waals surface area contributed by atoms with Crippen LogP contribution in [0.15, 0.2) is 79.0 Å². The summed E-state index contributed by atoms with van der Waals surface area (Å²) >= 11 is 0. The monoisotopic (exact) mass is 480 g/mol. The number of piperazine rings is 1. The van der Waals surface area contributed by atoms with Gasteiger partial charge in [0.05, 0.1) is 18.3 Å². The molecule has 0 saturated carbocycles. The maximum atomic E-state index is 13.4. The first-order valence-electron chi connectivity index (χ1n) is 13.3. The fraction of sp³-hybridized carbons (Fsp3) is 0.355. The fourth-order valence-corrected chi connectivity index (χ4v) is 5.22. The maximum Gasteiger partial charge on any atom is 0.227 e. The zero-order valence-electron chi connectivity index (χ0n) is 21.2. The first kappa shape index (κ1) is 24.3. The van der Waals surface area contributed by atoms with Crippen LogP contribution in [0.3, 0.4) is 0 Å². The highest BCUT2D eigenvalue weighted by Crippen LogP contribution is 2.28. The second kappa shape index (κ2) is 11.5. The molecule has 1 N–H and O–H groups in total. The van der Waals surface area contributed by atoms with Crippen LogP contribution < -0.4 is 0 Å². The highest BCUT2D eigenvalue weighted by atomic mass is 16.2. The van der Waals surface area contributed by atoms with Gasteiger partial charge in [-0.15, -0.1) is 0 Å². The third kappa shape index (κ3) is 5.68. The smallest absolute Gasteiger partial charge is 0.227 e. The van der Waals surface area contributed by atoms with Crippen LogP contribution in [-0.2, 0) is 11.2 Å². The zero-order chi connectivity index (χ0) is 24.7. The van der Waals surface area contributed by atoms with Crippen molar-refractivity contribution in [2.75, 3.05) is 26.2 Å². The summed E-state index contributed by atoms with van der Waals surface area (Å²) in [6.07, 6.45) is 7.34. The molecule has 5 rings (SSSR count). The molecular weight excluding hydrogens is 444 g/mol. The number of carbonyl (C=O) groups excluding carboxylic acids is 1. The Morgan fingerprint density at radius 2 is 1.75 bits per heavy atom. The van der Waals surface area contributed by atoms with Crippen molar-refractivity contribution in [3.05, 3.63) is 90.4 Å². The molecule has 1 amide bonds. The topological polar surface area (TPSA) is 52.2 Å². The molecule has 5 nitrogen and oxygen atoms in total. The van der Waals surface area contributed by atoms with E-state index in [0.29, 0.717) is 6.42 Å². The Morgan fingerprint density at radius 1 is 0.944 bits per heavy atom. The van der Waals surface area contributed by atoms with Crippen LogP contribution in [0.25, 0.3) is 22.0 Å². The van der Waals surface area contributed by atoms with E-state index in [0.717, 1.165) is 48.8 Å². The van der Waals surface area contributed by atoms with Gasteiger partial charge in [-0.3, -0.25) is 9.69 Å². The fourth-order valence-electron chi connectivity index (χ4n) is 5.22. The van der Waals surface area contributed by atoms with Gasteiger partial charge in [0, 0.05) is 25.2 Å². The lowest BCUT2D eigenvalue weighted by Gasteiger charge is -2.40. The SMILES string of the molecule is CCCCCCN1CCN(C(=O)Cc2ccccc2)C(c2ncc(-c3ccc4ccccc4c3)[nH]2)C1. The number of nitrogens with one attached hydrogen (secondary N) is 1. The Kier molecular flexibility index (Phi) is 7.77. The van der Waals surface area contributed by atoms with Crippen LogP contribution in [0.4, 0.5) is 0 Å². The first-order valence-corrected chi connectivity index (χ1v) is 13.3. The van der Waals surface area contributed by atoms with E-state index in [1.165, 1.54) is 36.5 Å². The minimum atomic E-state index is -0.0738. The van der Waals surface area contributed by atoms with E-state index in [4.69, 9.17) is 4.98 Å². The van der Waals surface area contributed by atoms with E-state index >= 15 is 0 Å². The van der Waals surface area contributed by atoms with Crippen molar-refractivity contribution in [1.29, 1.82) is 0 Å². The molecule has 0 aliphatic carbocycles. The Bertz CT molecular complexity index is 1280. The maximum absolute atomic E-state index is 13.4. The van der Waals surface area contributed by atoms with Gasteiger partial charge in [-0.2, -0.15) is 0 Å². The second-order valence-electron chi connectivity index (χ2n) is 9.87. The van der Waals surface area contributed by atoms with Crippen LogP contribution >= 0.6 is 0 Å². The number of nitrogens with zero attached hydrogens (tertiary/aromatic N) is 3. The molecule has 0 bridgehead atoms. The Hall–Kier alpha value is -3.44. The number of imidazole rings is 1. The molecule has 1 fully saturated rings. The predicted octanol–water partition coefficient (Wildman–Crippen LogP) is 6.24. The average molecular weight is 481 g/mol. The number of H-pyrrole nitrogens is 1. The van der Waals surface area contributed by atoms with Gasteiger partial charge in [-0.05, 0) is 35.4 Å². The molecule has 1 aliphatic rings. The van der Waals surface area contributed by atoms with E-state index in [2.05, 4.69) is 59.3 Å². The quantitative estimate of drug-likeness (QED) is 0.289. The van der Waals surface area contributed by atoms with Gasteiger partial charge in [-0.25, -0.2) is 4.98 Å². The van der Waals surface area contributed by atoms with Gasteiger partial charge in [0.2, 0.25) is 5.91 Å². The summed E-state index contributed by atoms with van der Waals surface area (Å²) in [4.78, 5) is 26.4. The van der Waals surface area contributed by atoms with Crippen molar-refractivity contribution in [2.45, 2.75) is 45.1 Å². The van der Waals surface area contributed by atoms with E-state index in [-0.39, 0.29) is 11.9 Å². The van der Waals surface area contributed by atoms with Crippen molar-refractivity contribution in [3.63, 3.8) is 0 Å². The molecule has 1 unspecified atom stereocenters. The number of hydrogen-bond acceptors (Lipinski definition) is 3. The molecule has 1 aliphatic heterocycles. The first-order chi connectivity index (χ1) is 17.7. The normalized spacial score (nSPS) is 16.5. The Morgan fingerprint density at radius 3 is 2.58 bits per heavy atom. The molecule has 1 saturated heterocycles. The summed E-state index contributed by atoms with van der Waals surface area (Å²) in [5.74, 6) is 1.04. The van der Waals surface area contributed by atoms with E-state index in [9.17, 15) is 4.79 Å². The lowest BCUT2D eigenvalue weighted by Crippen LogP contribution is -2.51. The van der Waals surface area contributed by atoms with Crippen molar-refractivity contribution in [2.24, 2.45) is 0 Å². The summed E-state index contributed by atoms with van der Waals surface area (Å²) in [5.41, 5.74) is 3.16. The van der Waals surface area contributed by atoms with E-state index in [1.807, 2.05) is 41.4 Å². The second-order valence-corrected chi connectivity index (χ2v) is 9.87. The lowest BCUT2D eigenvalue weighted by molar-refractivity contribution is -0.135. The number of benzene rings is 3. The van der Waals surface area contributed by atoms with Gasteiger partial charge in [0.15, 0.2) is 0 Å². The number of carbonyl (C=O) groups is 1. The highest BCUT2D eigenvalue weighted by molar-refractivity contribution is 5.86. The zero-order valence-corrected chi connectivity index (χ0v) is 21.2. The summed E-state index contributed by atoms with van der Waals surface area (Å²) in [5, 5.41) is 2.44. The standard InChI is InChI=1S/C31H36N4O/c1-2-3-4-10-17-34-18-19-35(30(36)20-24-11-6-5-7-12-24)29(23-34)31-32-22-28(33-31)27-16-15-25-13-8-9-14-26(25)21-27/h5-9,11-16,21-22,29H,2-4,10,17-20,23H2,1H3,(H,32,33). The van der Waals surface area contributed by atoms with Crippen molar-refractivity contribution >= 4 is 16.7 Å². The van der Waals surface area contributed by atoms with Crippen molar-refractivity contribution < 1.29 is 4.79 Å². The molecular formula is C31H36N4O. The molecule has 1 atom stereocenters. The number of amides is 1. The molecule has 36 heavy (non-hydrogen) atoms. The van der Waals surface area contributed by atoms with Crippen molar-refractivity contribution in [1.82, 2.24) is 19.8 Å². The third-order valence-corrected chi connectivity index (χ3v) is 7.28. The van der Waals surface area contributed by atoms with Crippen LogP contribution in [0, 0.1) is 0 Å². The van der Waals surface area contributed by atoms with Gasteiger partial charge in [0.1, 0.15) is 11.9 Å². The molecule has 4 aromatic rings. The summed E-state index contributed by atoms with van der Waals surface area (Å²) in [6.45, 7) is 5.79. The molecule has 1 aromatic heterocycles. The Balaban J connectivity index is 1.37. The van der Waals surface area contributed by atoms with E-state index in [1.54, 1.807) is 0 Å².